The van der Waals surface area contributed by atoms with Gasteiger partial charge in [-0.1, -0.05) is 23.8 Å². The number of carbonyl (C=O) groups excluding carboxylic acids is 2. The third-order valence-electron chi connectivity index (χ3n) is 3.37. The van der Waals surface area contributed by atoms with E-state index in [0.717, 1.165) is 11.1 Å². The summed E-state index contributed by atoms with van der Waals surface area (Å²) in [4.78, 5) is 25.8. The molecule has 0 atom stereocenters. The Morgan fingerprint density at radius 2 is 1.87 bits per heavy atom. The molecular formula is C19H28N2O2. The fraction of sp³-hybridized carbons (Fsp3) is 0.474. The van der Waals surface area contributed by atoms with Gasteiger partial charge in [-0.3, -0.25) is 9.59 Å². The number of aryl methyl sites for hydroxylation is 2. The molecule has 0 spiro atoms. The molecule has 4 heteroatoms. The molecule has 0 unspecified atom stereocenters. The number of amides is 2. The minimum absolute atomic E-state index is 0.0732. The van der Waals surface area contributed by atoms with Crippen LogP contribution in [-0.2, 0) is 9.59 Å². The van der Waals surface area contributed by atoms with Crippen molar-refractivity contribution in [3.8, 4) is 0 Å². The number of nitrogens with zero attached hydrogens (tertiary/aromatic N) is 1. The second-order valence-corrected chi connectivity index (χ2v) is 6.84. The predicted molar refractivity (Wildman–Crippen MR) is 95.1 cm³/mol. The summed E-state index contributed by atoms with van der Waals surface area (Å²) in [5.41, 5.74) is 3.04. The summed E-state index contributed by atoms with van der Waals surface area (Å²) in [6.45, 7) is 12.3. The maximum Gasteiger partial charge on any atom is 0.247 e. The minimum atomic E-state index is -0.297. The van der Waals surface area contributed by atoms with Crippen molar-refractivity contribution in [3.63, 3.8) is 0 Å². The largest absolute Gasteiger partial charge is 0.350 e. The molecule has 2 amide bonds. The molecule has 23 heavy (non-hydrogen) atoms. The van der Waals surface area contributed by atoms with E-state index in [-0.39, 0.29) is 23.9 Å². The highest BCUT2D eigenvalue weighted by Crippen LogP contribution is 2.12. The van der Waals surface area contributed by atoms with E-state index in [4.69, 9.17) is 0 Å². The van der Waals surface area contributed by atoms with Crippen molar-refractivity contribution < 1.29 is 9.59 Å². The second kappa shape index (κ2) is 7.95. The smallest absolute Gasteiger partial charge is 0.247 e. The zero-order valence-corrected chi connectivity index (χ0v) is 15.1. The number of likely N-dealkylation sites (N-methyl/N-ethyl adjacent to an activating group) is 1. The fourth-order valence-electron chi connectivity index (χ4n) is 2.26. The van der Waals surface area contributed by atoms with Crippen LogP contribution in [-0.4, -0.2) is 35.3 Å². The molecule has 1 N–H and O–H groups in total. The van der Waals surface area contributed by atoms with Crippen molar-refractivity contribution in [1.29, 1.82) is 0 Å². The van der Waals surface area contributed by atoms with E-state index in [9.17, 15) is 9.59 Å². The first-order chi connectivity index (χ1) is 10.6. The van der Waals surface area contributed by atoms with E-state index in [0.29, 0.717) is 6.54 Å². The average Bonchev–Trinajstić information content (AvgIpc) is 2.41. The van der Waals surface area contributed by atoms with Gasteiger partial charge >= 0.3 is 0 Å². The highest BCUT2D eigenvalue weighted by molar-refractivity contribution is 5.94. The van der Waals surface area contributed by atoms with Crippen LogP contribution in [0.25, 0.3) is 6.08 Å². The van der Waals surface area contributed by atoms with Gasteiger partial charge in [-0.15, -0.1) is 0 Å². The minimum Gasteiger partial charge on any atom is -0.350 e. The molecule has 0 radical (unpaired) electrons. The molecule has 0 heterocycles. The number of benzene rings is 1. The summed E-state index contributed by atoms with van der Waals surface area (Å²) in [5, 5.41) is 2.87. The molecule has 0 saturated carbocycles. The molecule has 0 aromatic heterocycles. The van der Waals surface area contributed by atoms with Crippen LogP contribution in [0, 0.1) is 13.8 Å². The Morgan fingerprint density at radius 1 is 1.22 bits per heavy atom. The lowest BCUT2D eigenvalue weighted by Crippen LogP contribution is -2.47. The van der Waals surface area contributed by atoms with Crippen LogP contribution in [0.3, 0.4) is 0 Å². The second-order valence-electron chi connectivity index (χ2n) is 6.84. The number of nitrogens with one attached hydrogen (secondary N) is 1. The van der Waals surface area contributed by atoms with E-state index in [1.807, 2.05) is 53.7 Å². The Balaban J connectivity index is 2.73. The number of rotatable bonds is 5. The van der Waals surface area contributed by atoms with Gasteiger partial charge in [0.05, 0.1) is 6.54 Å². The maximum absolute atomic E-state index is 12.3. The van der Waals surface area contributed by atoms with Gasteiger partial charge in [0.15, 0.2) is 0 Å². The summed E-state index contributed by atoms with van der Waals surface area (Å²) < 4.78 is 0. The third kappa shape index (κ3) is 6.68. The lowest BCUT2D eigenvalue weighted by atomic mass is 10.1. The fourth-order valence-corrected chi connectivity index (χ4v) is 2.26. The van der Waals surface area contributed by atoms with Gasteiger partial charge in [0, 0.05) is 18.2 Å². The summed E-state index contributed by atoms with van der Waals surface area (Å²) in [7, 11) is 0. The molecule has 0 bridgehead atoms. The maximum atomic E-state index is 12.3. The monoisotopic (exact) mass is 316 g/mol. The van der Waals surface area contributed by atoms with E-state index in [2.05, 4.69) is 11.4 Å². The van der Waals surface area contributed by atoms with Gasteiger partial charge in [0.2, 0.25) is 11.8 Å². The Morgan fingerprint density at radius 3 is 2.39 bits per heavy atom. The molecule has 126 valence electrons. The van der Waals surface area contributed by atoms with E-state index < -0.39 is 0 Å². The van der Waals surface area contributed by atoms with Crippen molar-refractivity contribution in [2.45, 2.75) is 47.1 Å². The molecule has 0 saturated heterocycles. The van der Waals surface area contributed by atoms with Gasteiger partial charge < -0.3 is 10.2 Å². The Bertz CT molecular complexity index is 598. The van der Waals surface area contributed by atoms with E-state index in [1.54, 1.807) is 6.08 Å². The summed E-state index contributed by atoms with van der Waals surface area (Å²) in [6, 6.07) is 6.10. The van der Waals surface area contributed by atoms with Crippen molar-refractivity contribution in [1.82, 2.24) is 10.2 Å². The molecule has 1 rings (SSSR count). The standard InChI is InChI=1S/C19H28N2O2/c1-7-21(13-17(22)20-19(4,5)6)18(23)11-10-16-9-8-14(2)12-15(16)3/h8-12H,7,13H2,1-6H3,(H,20,22)/b11-10+. The lowest BCUT2D eigenvalue weighted by Gasteiger charge is -2.24. The summed E-state index contributed by atoms with van der Waals surface area (Å²) in [6.07, 6.45) is 3.34. The Kier molecular flexibility index (Phi) is 6.55. The molecule has 1 aromatic rings. The SMILES string of the molecule is CCN(CC(=O)NC(C)(C)C)C(=O)/C=C/c1ccc(C)cc1C. The predicted octanol–water partition coefficient (Wildman–Crippen LogP) is 3.08. The Hall–Kier alpha value is -2.10. The first kappa shape index (κ1) is 18.9. The summed E-state index contributed by atoms with van der Waals surface area (Å²) in [5.74, 6) is -0.302. The van der Waals surface area contributed by atoms with Gasteiger partial charge in [-0.2, -0.15) is 0 Å². The zero-order valence-electron chi connectivity index (χ0n) is 15.1. The van der Waals surface area contributed by atoms with Crippen LogP contribution in [0.5, 0.6) is 0 Å². The van der Waals surface area contributed by atoms with Gasteiger partial charge in [-0.25, -0.2) is 0 Å². The van der Waals surface area contributed by atoms with Crippen molar-refractivity contribution in [2.75, 3.05) is 13.1 Å². The van der Waals surface area contributed by atoms with Crippen LogP contribution in [0.4, 0.5) is 0 Å². The van der Waals surface area contributed by atoms with Crippen LogP contribution < -0.4 is 5.32 Å². The highest BCUT2D eigenvalue weighted by atomic mass is 16.2. The third-order valence-corrected chi connectivity index (χ3v) is 3.37. The molecular weight excluding hydrogens is 288 g/mol. The normalized spacial score (nSPS) is 11.6. The lowest BCUT2D eigenvalue weighted by molar-refractivity contribution is -0.132. The Labute approximate surface area is 139 Å². The van der Waals surface area contributed by atoms with Gasteiger partial charge in [-0.05, 0) is 58.7 Å². The molecule has 0 aliphatic heterocycles. The first-order valence-electron chi connectivity index (χ1n) is 7.97. The topological polar surface area (TPSA) is 49.4 Å². The van der Waals surface area contributed by atoms with Crippen LogP contribution in [0.2, 0.25) is 0 Å². The molecule has 0 aliphatic rings. The average molecular weight is 316 g/mol. The van der Waals surface area contributed by atoms with Crippen molar-refractivity contribution in [2.24, 2.45) is 0 Å². The molecule has 0 fully saturated rings. The van der Waals surface area contributed by atoms with Crippen LogP contribution >= 0.6 is 0 Å². The number of carbonyl (C=O) groups is 2. The number of hydrogen-bond donors (Lipinski definition) is 1. The van der Waals surface area contributed by atoms with Crippen LogP contribution in [0.15, 0.2) is 24.3 Å². The molecule has 4 nitrogen and oxygen atoms in total. The van der Waals surface area contributed by atoms with Crippen LogP contribution in [0.1, 0.15) is 44.4 Å². The molecule has 0 aliphatic carbocycles. The molecule has 1 aromatic carbocycles. The highest BCUT2D eigenvalue weighted by Gasteiger charge is 2.18. The first-order valence-corrected chi connectivity index (χ1v) is 7.97. The van der Waals surface area contributed by atoms with Gasteiger partial charge in [0.25, 0.3) is 0 Å². The quantitative estimate of drug-likeness (QED) is 0.849. The zero-order chi connectivity index (χ0) is 17.6. The van der Waals surface area contributed by atoms with E-state index >= 15 is 0 Å². The number of hydrogen-bond acceptors (Lipinski definition) is 2. The van der Waals surface area contributed by atoms with E-state index in [1.165, 1.54) is 16.5 Å². The summed E-state index contributed by atoms with van der Waals surface area (Å²) >= 11 is 0. The van der Waals surface area contributed by atoms with Crippen molar-refractivity contribution >= 4 is 17.9 Å². The van der Waals surface area contributed by atoms with Crippen molar-refractivity contribution in [3.05, 3.63) is 41.0 Å². The van der Waals surface area contributed by atoms with Gasteiger partial charge in [0.1, 0.15) is 0 Å².